The molecule has 1 atom stereocenters. The summed E-state index contributed by atoms with van der Waals surface area (Å²) in [5.41, 5.74) is 4.04. The molecule has 0 unspecified atom stereocenters. The zero-order valence-electron chi connectivity index (χ0n) is 16.8. The molecular weight excluding hydrogens is 362 g/mol. The molecule has 0 radical (unpaired) electrons. The van der Waals surface area contributed by atoms with Gasteiger partial charge in [0.05, 0.1) is 19.3 Å². The third-order valence-electron chi connectivity index (χ3n) is 5.36. The van der Waals surface area contributed by atoms with Crippen molar-refractivity contribution in [1.82, 2.24) is 14.8 Å². The van der Waals surface area contributed by atoms with Crippen LogP contribution in [-0.2, 0) is 4.74 Å². The SMILES string of the molecule is Cc1ccc([C@@H](CN2CCOCC2)NC(=O)c2ccc(-n3cccc3)cc2)cc1. The summed E-state index contributed by atoms with van der Waals surface area (Å²) in [6, 6.07) is 20.0. The Bertz CT molecular complexity index is 912. The zero-order chi connectivity index (χ0) is 20.1. The van der Waals surface area contributed by atoms with Crippen molar-refractivity contribution in [2.45, 2.75) is 13.0 Å². The van der Waals surface area contributed by atoms with Crippen LogP contribution in [0.2, 0.25) is 0 Å². The fourth-order valence-electron chi connectivity index (χ4n) is 3.61. The molecule has 0 spiro atoms. The highest BCUT2D eigenvalue weighted by Crippen LogP contribution is 2.18. The first-order chi connectivity index (χ1) is 14.2. The number of hydrogen-bond donors (Lipinski definition) is 1. The lowest BCUT2D eigenvalue weighted by Crippen LogP contribution is -2.43. The Kier molecular flexibility index (Phi) is 6.08. The average molecular weight is 389 g/mol. The van der Waals surface area contributed by atoms with Crippen molar-refractivity contribution >= 4 is 5.91 Å². The monoisotopic (exact) mass is 389 g/mol. The summed E-state index contributed by atoms with van der Waals surface area (Å²) < 4.78 is 7.49. The Morgan fingerprint density at radius 1 is 1.00 bits per heavy atom. The molecule has 0 saturated carbocycles. The van der Waals surface area contributed by atoms with Crippen LogP contribution in [0.25, 0.3) is 5.69 Å². The van der Waals surface area contributed by atoms with Crippen LogP contribution in [0, 0.1) is 6.92 Å². The summed E-state index contributed by atoms with van der Waals surface area (Å²) in [6.45, 7) is 6.13. The van der Waals surface area contributed by atoms with E-state index >= 15 is 0 Å². The van der Waals surface area contributed by atoms with Crippen LogP contribution in [-0.4, -0.2) is 48.2 Å². The molecule has 1 N–H and O–H groups in total. The number of aryl methyl sites for hydroxylation is 1. The molecular formula is C24H27N3O2. The van der Waals surface area contributed by atoms with E-state index in [1.54, 1.807) is 0 Å². The lowest BCUT2D eigenvalue weighted by molar-refractivity contribution is 0.0332. The standard InChI is InChI=1S/C24H27N3O2/c1-19-4-6-20(7-5-19)23(18-26-14-16-29-17-15-26)25-24(28)21-8-10-22(11-9-21)27-12-2-3-13-27/h2-13,23H,14-18H2,1H3,(H,25,28)/t23-/m1/s1. The number of amides is 1. The van der Waals surface area contributed by atoms with Gasteiger partial charge >= 0.3 is 0 Å². The number of ether oxygens (including phenoxy) is 1. The summed E-state index contributed by atoms with van der Waals surface area (Å²) in [5, 5.41) is 3.24. The van der Waals surface area contributed by atoms with Crippen molar-refractivity contribution in [3.63, 3.8) is 0 Å². The van der Waals surface area contributed by atoms with Gasteiger partial charge in [-0.3, -0.25) is 9.69 Å². The Morgan fingerprint density at radius 2 is 1.66 bits per heavy atom. The predicted octanol–water partition coefficient (Wildman–Crippen LogP) is 3.59. The molecule has 3 aromatic rings. The number of carbonyl (C=O) groups excluding carboxylic acids is 1. The van der Waals surface area contributed by atoms with Crippen molar-refractivity contribution in [1.29, 1.82) is 0 Å². The number of rotatable bonds is 6. The molecule has 5 nitrogen and oxygen atoms in total. The normalized spacial score (nSPS) is 15.8. The molecule has 0 bridgehead atoms. The van der Waals surface area contributed by atoms with Gasteiger partial charge < -0.3 is 14.6 Å². The number of nitrogens with one attached hydrogen (secondary N) is 1. The highest BCUT2D eigenvalue weighted by molar-refractivity contribution is 5.94. The molecule has 5 heteroatoms. The maximum Gasteiger partial charge on any atom is 0.251 e. The van der Waals surface area contributed by atoms with Gasteiger partial charge in [-0.05, 0) is 48.9 Å². The smallest absolute Gasteiger partial charge is 0.251 e. The molecule has 1 aliphatic rings. The topological polar surface area (TPSA) is 46.5 Å². The van der Waals surface area contributed by atoms with Crippen molar-refractivity contribution in [3.8, 4) is 5.69 Å². The van der Waals surface area contributed by atoms with Gasteiger partial charge in [-0.15, -0.1) is 0 Å². The Morgan fingerprint density at radius 3 is 2.31 bits per heavy atom. The Labute approximate surface area is 171 Å². The Hall–Kier alpha value is -2.89. The second-order valence-electron chi connectivity index (χ2n) is 7.49. The van der Waals surface area contributed by atoms with Gasteiger partial charge in [0.15, 0.2) is 0 Å². The fourth-order valence-corrected chi connectivity index (χ4v) is 3.61. The summed E-state index contributed by atoms with van der Waals surface area (Å²) in [4.78, 5) is 15.3. The molecule has 2 heterocycles. The molecule has 150 valence electrons. The quantitative estimate of drug-likeness (QED) is 0.701. The van der Waals surface area contributed by atoms with Gasteiger partial charge in [-0.1, -0.05) is 29.8 Å². The minimum absolute atomic E-state index is 0.0529. The Balaban J connectivity index is 1.49. The number of nitrogens with zero attached hydrogens (tertiary/aromatic N) is 2. The molecule has 0 aliphatic carbocycles. The van der Waals surface area contributed by atoms with E-state index in [9.17, 15) is 4.79 Å². The molecule has 2 aromatic carbocycles. The first-order valence-corrected chi connectivity index (χ1v) is 10.1. The van der Waals surface area contributed by atoms with Crippen molar-refractivity contribution in [2.24, 2.45) is 0 Å². The fraction of sp³-hybridized carbons (Fsp3) is 0.292. The van der Waals surface area contributed by atoms with Gasteiger partial charge in [0.25, 0.3) is 5.91 Å². The second kappa shape index (κ2) is 9.07. The number of aromatic nitrogens is 1. The van der Waals surface area contributed by atoms with E-state index in [2.05, 4.69) is 41.4 Å². The van der Waals surface area contributed by atoms with E-state index in [4.69, 9.17) is 4.74 Å². The van der Waals surface area contributed by atoms with Gasteiger partial charge in [0.1, 0.15) is 0 Å². The first-order valence-electron chi connectivity index (χ1n) is 10.1. The van der Waals surface area contributed by atoms with Crippen LogP contribution in [0.4, 0.5) is 0 Å². The molecule has 1 saturated heterocycles. The van der Waals surface area contributed by atoms with Crippen LogP contribution in [0.15, 0.2) is 73.1 Å². The third kappa shape index (κ3) is 4.94. The van der Waals surface area contributed by atoms with Crippen molar-refractivity contribution in [3.05, 3.63) is 89.7 Å². The molecule has 4 rings (SSSR count). The van der Waals surface area contributed by atoms with E-state index in [1.165, 1.54) is 5.56 Å². The minimum atomic E-state index is -0.0645. The summed E-state index contributed by atoms with van der Waals surface area (Å²) in [5.74, 6) is -0.0529. The lowest BCUT2D eigenvalue weighted by atomic mass is 10.0. The summed E-state index contributed by atoms with van der Waals surface area (Å²) in [6.07, 6.45) is 3.98. The van der Waals surface area contributed by atoms with Gasteiger partial charge in [-0.25, -0.2) is 0 Å². The van der Waals surface area contributed by atoms with Crippen molar-refractivity contribution < 1.29 is 9.53 Å². The maximum absolute atomic E-state index is 13.0. The van der Waals surface area contributed by atoms with E-state index < -0.39 is 0 Å². The molecule has 1 fully saturated rings. The van der Waals surface area contributed by atoms with E-state index in [-0.39, 0.29) is 11.9 Å². The highest BCUT2D eigenvalue weighted by atomic mass is 16.5. The van der Waals surface area contributed by atoms with Crippen molar-refractivity contribution in [2.75, 3.05) is 32.8 Å². The number of morpholine rings is 1. The van der Waals surface area contributed by atoms with Crippen LogP contribution in [0.1, 0.15) is 27.5 Å². The largest absolute Gasteiger partial charge is 0.379 e. The lowest BCUT2D eigenvalue weighted by Gasteiger charge is -2.31. The zero-order valence-corrected chi connectivity index (χ0v) is 16.8. The van der Waals surface area contributed by atoms with E-state index in [1.807, 2.05) is 53.4 Å². The average Bonchev–Trinajstić information content (AvgIpc) is 3.30. The molecule has 29 heavy (non-hydrogen) atoms. The first kappa shape index (κ1) is 19.4. The number of benzene rings is 2. The number of carbonyl (C=O) groups is 1. The molecule has 1 amide bonds. The molecule has 1 aromatic heterocycles. The summed E-state index contributed by atoms with van der Waals surface area (Å²) >= 11 is 0. The van der Waals surface area contributed by atoms with Gasteiger partial charge in [-0.2, -0.15) is 0 Å². The van der Waals surface area contributed by atoms with Crippen LogP contribution >= 0.6 is 0 Å². The predicted molar refractivity (Wildman–Crippen MR) is 114 cm³/mol. The van der Waals surface area contributed by atoms with Crippen LogP contribution in [0.3, 0.4) is 0 Å². The van der Waals surface area contributed by atoms with Gasteiger partial charge in [0.2, 0.25) is 0 Å². The van der Waals surface area contributed by atoms with Gasteiger partial charge in [0, 0.05) is 43.3 Å². The maximum atomic E-state index is 13.0. The second-order valence-corrected chi connectivity index (χ2v) is 7.49. The highest BCUT2D eigenvalue weighted by Gasteiger charge is 2.21. The van der Waals surface area contributed by atoms with Crippen LogP contribution < -0.4 is 5.32 Å². The summed E-state index contributed by atoms with van der Waals surface area (Å²) in [7, 11) is 0. The minimum Gasteiger partial charge on any atom is -0.379 e. The van der Waals surface area contributed by atoms with E-state index in [0.29, 0.717) is 5.56 Å². The molecule has 1 aliphatic heterocycles. The number of hydrogen-bond acceptors (Lipinski definition) is 3. The van der Waals surface area contributed by atoms with E-state index in [0.717, 1.165) is 44.1 Å². The van der Waals surface area contributed by atoms with Crippen LogP contribution in [0.5, 0.6) is 0 Å². The third-order valence-corrected chi connectivity index (χ3v) is 5.36.